The molecule has 0 spiro atoms. The van der Waals surface area contributed by atoms with Crippen molar-refractivity contribution in [3.8, 4) is 6.07 Å². The number of hydrogen-bond donors (Lipinski definition) is 1. The van der Waals surface area contributed by atoms with Crippen LogP contribution in [0.25, 0.3) is 11.0 Å². The molecule has 1 saturated carbocycles. The maximum atomic E-state index is 13.0. The van der Waals surface area contributed by atoms with Crippen molar-refractivity contribution in [2.75, 3.05) is 5.32 Å². The fourth-order valence-corrected chi connectivity index (χ4v) is 5.04. The second-order valence-electron chi connectivity index (χ2n) is 6.86. The average Bonchev–Trinajstić information content (AvgIpc) is 3.35. The highest BCUT2D eigenvalue weighted by molar-refractivity contribution is 7.90. The highest BCUT2D eigenvalue weighted by Crippen LogP contribution is 2.37. The highest BCUT2D eigenvalue weighted by atomic mass is 32.2. The maximum absolute atomic E-state index is 13.0. The third-order valence-electron chi connectivity index (χ3n) is 5.17. The second-order valence-corrected chi connectivity index (χ2v) is 8.67. The first-order valence-corrected chi connectivity index (χ1v) is 10.5. The van der Waals surface area contributed by atoms with Crippen molar-refractivity contribution in [3.05, 3.63) is 58.9 Å². The molecule has 0 bridgehead atoms. The fourth-order valence-electron chi connectivity index (χ4n) is 3.72. The zero-order valence-electron chi connectivity index (χ0n) is 15.2. The standard InChI is InChI=1S/C19H17N5O4S/c20-11-13-5-4-8-16(13)22-18-15-9-10-23(19(15)21-12-17(18)24(25)26)29(27,28)14-6-2-1-3-7-14/h1-3,6-7,9-10,12-13,16H,4-5,8H2,(H,21,22). The van der Waals surface area contributed by atoms with Crippen molar-refractivity contribution < 1.29 is 13.3 Å². The van der Waals surface area contributed by atoms with Crippen LogP contribution in [0.15, 0.2) is 53.7 Å². The number of nitro groups is 1. The summed E-state index contributed by atoms with van der Waals surface area (Å²) >= 11 is 0. The number of anilines is 1. The zero-order chi connectivity index (χ0) is 20.6. The number of nitriles is 1. The van der Waals surface area contributed by atoms with Crippen molar-refractivity contribution in [1.29, 1.82) is 5.26 Å². The van der Waals surface area contributed by atoms with Gasteiger partial charge < -0.3 is 5.32 Å². The van der Waals surface area contributed by atoms with Crippen LogP contribution in [0.4, 0.5) is 11.4 Å². The highest BCUT2D eigenvalue weighted by Gasteiger charge is 2.31. The van der Waals surface area contributed by atoms with E-state index in [-0.39, 0.29) is 33.9 Å². The Morgan fingerprint density at radius 3 is 2.69 bits per heavy atom. The molecule has 0 amide bonds. The summed E-state index contributed by atoms with van der Waals surface area (Å²) in [4.78, 5) is 15.1. The summed E-state index contributed by atoms with van der Waals surface area (Å²) < 4.78 is 27.0. The van der Waals surface area contributed by atoms with E-state index in [1.807, 2.05) is 0 Å². The molecule has 1 aliphatic rings. The summed E-state index contributed by atoms with van der Waals surface area (Å²) in [7, 11) is -3.91. The number of benzene rings is 1. The van der Waals surface area contributed by atoms with E-state index >= 15 is 0 Å². The number of nitrogens with one attached hydrogen (secondary N) is 1. The summed E-state index contributed by atoms with van der Waals surface area (Å²) in [5.41, 5.74) is 0.0265. The van der Waals surface area contributed by atoms with Crippen LogP contribution in [0.5, 0.6) is 0 Å². The van der Waals surface area contributed by atoms with Gasteiger partial charge in [-0.1, -0.05) is 18.2 Å². The molecule has 2 heterocycles. The number of fused-ring (bicyclic) bond motifs is 1. The third-order valence-corrected chi connectivity index (χ3v) is 6.85. The summed E-state index contributed by atoms with van der Waals surface area (Å²) in [6.07, 6.45) is 4.67. The van der Waals surface area contributed by atoms with Crippen molar-refractivity contribution in [3.63, 3.8) is 0 Å². The first-order valence-electron chi connectivity index (χ1n) is 9.04. The Morgan fingerprint density at radius 1 is 1.24 bits per heavy atom. The van der Waals surface area contributed by atoms with Gasteiger partial charge in [0.25, 0.3) is 10.0 Å². The van der Waals surface area contributed by atoms with Gasteiger partial charge in [0.1, 0.15) is 11.9 Å². The first kappa shape index (κ1) is 18.9. The normalized spacial score (nSPS) is 19.1. The monoisotopic (exact) mass is 411 g/mol. The van der Waals surface area contributed by atoms with Crippen LogP contribution in [-0.4, -0.2) is 28.3 Å². The zero-order valence-corrected chi connectivity index (χ0v) is 16.0. The van der Waals surface area contributed by atoms with Crippen molar-refractivity contribution >= 4 is 32.4 Å². The Morgan fingerprint density at radius 2 is 2.00 bits per heavy atom. The SMILES string of the molecule is N#CC1CCCC1Nc1c([N+](=O)[O-])cnc2c1ccn2S(=O)(=O)c1ccccc1. The molecule has 148 valence electrons. The van der Waals surface area contributed by atoms with Gasteiger partial charge in [-0.15, -0.1) is 0 Å². The van der Waals surface area contributed by atoms with Gasteiger partial charge in [0, 0.05) is 12.2 Å². The van der Waals surface area contributed by atoms with E-state index in [1.165, 1.54) is 24.4 Å². The molecule has 2 atom stereocenters. The van der Waals surface area contributed by atoms with Gasteiger partial charge in [-0.05, 0) is 37.5 Å². The van der Waals surface area contributed by atoms with Crippen molar-refractivity contribution in [2.45, 2.75) is 30.2 Å². The molecule has 1 aliphatic carbocycles. The summed E-state index contributed by atoms with van der Waals surface area (Å²) in [6, 6.07) is 11.4. The van der Waals surface area contributed by atoms with E-state index in [0.29, 0.717) is 11.8 Å². The molecule has 1 fully saturated rings. The Balaban J connectivity index is 1.86. The van der Waals surface area contributed by atoms with E-state index in [0.717, 1.165) is 23.0 Å². The molecular weight excluding hydrogens is 394 g/mol. The van der Waals surface area contributed by atoms with E-state index in [4.69, 9.17) is 0 Å². The minimum Gasteiger partial charge on any atom is -0.375 e. The van der Waals surface area contributed by atoms with Crippen LogP contribution >= 0.6 is 0 Å². The Kier molecular flexibility index (Phi) is 4.68. The van der Waals surface area contributed by atoms with E-state index in [1.54, 1.807) is 18.2 Å². The lowest BCUT2D eigenvalue weighted by Crippen LogP contribution is -2.23. The Hall–Kier alpha value is -3.45. The molecule has 10 heteroatoms. The summed E-state index contributed by atoms with van der Waals surface area (Å²) in [5.74, 6) is -0.257. The van der Waals surface area contributed by atoms with E-state index in [2.05, 4.69) is 16.4 Å². The van der Waals surface area contributed by atoms with Gasteiger partial charge in [-0.2, -0.15) is 5.26 Å². The molecule has 2 aromatic heterocycles. The molecule has 1 aromatic carbocycles. The fraction of sp³-hybridized carbons (Fsp3) is 0.263. The van der Waals surface area contributed by atoms with Crippen LogP contribution in [0.2, 0.25) is 0 Å². The van der Waals surface area contributed by atoms with Gasteiger partial charge in [-0.25, -0.2) is 17.4 Å². The predicted molar refractivity (Wildman–Crippen MR) is 106 cm³/mol. The van der Waals surface area contributed by atoms with Gasteiger partial charge in [-0.3, -0.25) is 10.1 Å². The minimum atomic E-state index is -3.91. The average molecular weight is 411 g/mol. The summed E-state index contributed by atoms with van der Waals surface area (Å²) in [6.45, 7) is 0. The molecule has 0 radical (unpaired) electrons. The van der Waals surface area contributed by atoms with Crippen molar-refractivity contribution in [2.24, 2.45) is 5.92 Å². The van der Waals surface area contributed by atoms with Crippen LogP contribution in [0, 0.1) is 27.4 Å². The largest absolute Gasteiger partial charge is 0.375 e. The van der Waals surface area contributed by atoms with Gasteiger partial charge in [0.2, 0.25) is 0 Å². The molecule has 0 aliphatic heterocycles. The van der Waals surface area contributed by atoms with Gasteiger partial charge >= 0.3 is 5.69 Å². The van der Waals surface area contributed by atoms with Gasteiger partial charge in [0.05, 0.1) is 27.2 Å². The van der Waals surface area contributed by atoms with Crippen LogP contribution in [0.3, 0.4) is 0 Å². The third kappa shape index (κ3) is 3.19. The lowest BCUT2D eigenvalue weighted by atomic mass is 10.1. The van der Waals surface area contributed by atoms with Gasteiger partial charge in [0.15, 0.2) is 5.65 Å². The number of rotatable bonds is 5. The van der Waals surface area contributed by atoms with Crippen LogP contribution in [-0.2, 0) is 10.0 Å². The Labute approximate surface area is 166 Å². The second kappa shape index (κ2) is 7.18. The molecule has 1 N–H and O–H groups in total. The number of pyridine rings is 1. The van der Waals surface area contributed by atoms with E-state index in [9.17, 15) is 23.8 Å². The molecule has 2 unspecified atom stereocenters. The Bertz CT molecular complexity index is 1230. The minimum absolute atomic E-state index is 0.0903. The topological polar surface area (TPSA) is 131 Å². The lowest BCUT2D eigenvalue weighted by molar-refractivity contribution is -0.384. The number of aromatic nitrogens is 2. The van der Waals surface area contributed by atoms with Crippen molar-refractivity contribution in [1.82, 2.24) is 8.96 Å². The summed E-state index contributed by atoms with van der Waals surface area (Å²) in [5, 5.41) is 24.3. The van der Waals surface area contributed by atoms with Crippen LogP contribution < -0.4 is 5.32 Å². The lowest BCUT2D eigenvalue weighted by Gasteiger charge is -2.17. The molecule has 29 heavy (non-hydrogen) atoms. The van der Waals surface area contributed by atoms with E-state index < -0.39 is 14.9 Å². The molecule has 4 rings (SSSR count). The molecule has 0 saturated heterocycles. The molecule has 3 aromatic rings. The number of nitrogens with zero attached hydrogens (tertiary/aromatic N) is 4. The smallest absolute Gasteiger partial charge is 0.311 e. The quantitative estimate of drug-likeness (QED) is 0.503. The molecule has 9 nitrogen and oxygen atoms in total. The predicted octanol–water partition coefficient (Wildman–Crippen LogP) is 3.29. The molecular formula is C19H17N5O4S. The first-order chi connectivity index (χ1) is 13.9. The number of hydrogen-bond acceptors (Lipinski definition) is 7. The van der Waals surface area contributed by atoms with Crippen LogP contribution in [0.1, 0.15) is 19.3 Å². The maximum Gasteiger partial charge on any atom is 0.311 e.